The highest BCUT2D eigenvalue weighted by Gasteiger charge is 2.53. The van der Waals surface area contributed by atoms with E-state index < -0.39 is 0 Å². The largest absolute Gasteiger partial charge is 0.369 e. The van der Waals surface area contributed by atoms with E-state index in [1.807, 2.05) is 0 Å². The van der Waals surface area contributed by atoms with Gasteiger partial charge in [-0.2, -0.15) is 5.10 Å². The summed E-state index contributed by atoms with van der Waals surface area (Å²) >= 11 is 15.4. The molecule has 1 aromatic carbocycles. The van der Waals surface area contributed by atoms with Crippen LogP contribution in [0.25, 0.3) is 0 Å². The Hall–Kier alpha value is -1.08. The van der Waals surface area contributed by atoms with Gasteiger partial charge in [0.1, 0.15) is 5.82 Å². The second-order valence-electron chi connectivity index (χ2n) is 10.5. The van der Waals surface area contributed by atoms with Crippen molar-refractivity contribution in [3.63, 3.8) is 0 Å². The quantitative estimate of drug-likeness (QED) is 0.396. The molecule has 1 aliphatic heterocycles. The highest BCUT2D eigenvalue weighted by Crippen LogP contribution is 2.60. The monoisotopic (exact) mass is 507 g/mol. The molecule has 0 atom stereocenters. The number of halogens is 2. The van der Waals surface area contributed by atoms with Gasteiger partial charge in [0.25, 0.3) is 0 Å². The maximum Gasteiger partial charge on any atom is 0.198 e. The Bertz CT molecular complexity index is 961. The summed E-state index contributed by atoms with van der Waals surface area (Å²) in [6.45, 7) is 5.06. The van der Waals surface area contributed by atoms with E-state index in [1.54, 1.807) is 0 Å². The first-order valence-corrected chi connectivity index (χ1v) is 13.8. The molecule has 5 aliphatic rings. The zero-order valence-electron chi connectivity index (χ0n) is 19.5. The second kappa shape index (κ2) is 9.88. The third kappa shape index (κ3) is 4.73. The maximum atomic E-state index is 5.86. The van der Waals surface area contributed by atoms with E-state index in [-0.39, 0.29) is 5.34 Å². The van der Waals surface area contributed by atoms with Crippen molar-refractivity contribution in [2.45, 2.75) is 50.6 Å². The van der Waals surface area contributed by atoms with Gasteiger partial charge in [-0.3, -0.25) is 4.90 Å². The van der Waals surface area contributed by atoms with Crippen molar-refractivity contribution in [1.82, 2.24) is 19.2 Å². The van der Waals surface area contributed by atoms with Crippen LogP contribution >= 0.6 is 35.4 Å². The van der Waals surface area contributed by atoms with Crippen molar-refractivity contribution in [1.29, 1.82) is 0 Å². The molecule has 7 rings (SSSR count). The number of piperazine rings is 1. The molecule has 180 valence electrons. The lowest BCUT2D eigenvalue weighted by Crippen LogP contribution is -2.49. The summed E-state index contributed by atoms with van der Waals surface area (Å²) in [5.41, 5.74) is 1.63. The van der Waals surface area contributed by atoms with Crippen LogP contribution in [0.3, 0.4) is 0 Å². The van der Waals surface area contributed by atoms with Gasteiger partial charge in [-0.1, -0.05) is 18.2 Å². The summed E-state index contributed by atoms with van der Waals surface area (Å²) in [4.78, 5) is 4.99. The Morgan fingerprint density at radius 3 is 2.03 bits per heavy atom. The van der Waals surface area contributed by atoms with E-state index in [1.165, 1.54) is 50.0 Å². The normalized spacial score (nSPS) is 30.9. The number of para-hydroxylation sites is 1. The summed E-state index contributed by atoms with van der Waals surface area (Å²) in [6, 6.07) is 10.8. The van der Waals surface area contributed by atoms with Crippen LogP contribution in [0, 0.1) is 22.5 Å². The van der Waals surface area contributed by atoms with Gasteiger partial charge in [0.15, 0.2) is 4.77 Å². The summed E-state index contributed by atoms with van der Waals surface area (Å²) in [5.74, 6) is 4.08. The lowest BCUT2D eigenvalue weighted by Gasteiger charge is -2.56. The van der Waals surface area contributed by atoms with E-state index in [0.717, 1.165) is 55.4 Å². The molecule has 4 bridgehead atoms. The number of benzene rings is 1. The highest BCUT2D eigenvalue weighted by atomic mass is 35.5. The fourth-order valence-corrected chi connectivity index (χ4v) is 7.59. The summed E-state index contributed by atoms with van der Waals surface area (Å²) < 4.78 is 5.26. The van der Waals surface area contributed by atoms with E-state index in [0.29, 0.717) is 5.41 Å². The molecule has 0 amide bonds. The molecule has 1 saturated heterocycles. The highest BCUT2D eigenvalue weighted by molar-refractivity contribution is 7.71. The standard InChI is InChI=1S/C24H33N5S.CH2Cl2/c1-26-22(24-14-18-11-19(15-24)13-20(12-18)16-24)25-29(23(26)30)17-27-7-9-28(10-8-27)21-5-3-2-4-6-21;2-1-3/h2-6,18-20H,7-17H2,1H3;1H2. The van der Waals surface area contributed by atoms with E-state index in [9.17, 15) is 0 Å². The Balaban J connectivity index is 0.000000724. The zero-order valence-corrected chi connectivity index (χ0v) is 21.8. The molecule has 2 aromatic rings. The second-order valence-corrected chi connectivity index (χ2v) is 11.7. The number of hydrogen-bond donors (Lipinski definition) is 0. The van der Waals surface area contributed by atoms with Gasteiger partial charge in [-0.25, -0.2) is 4.68 Å². The molecule has 0 N–H and O–H groups in total. The SMILES string of the molecule is ClCCl.Cn1c(C23CC4CC(CC(C4)C2)C3)nn(CN2CCN(c3ccccc3)CC2)c1=S. The minimum atomic E-state index is 0.194. The first-order valence-electron chi connectivity index (χ1n) is 12.3. The minimum Gasteiger partial charge on any atom is -0.369 e. The topological polar surface area (TPSA) is 29.2 Å². The molecule has 0 radical (unpaired) electrons. The van der Waals surface area contributed by atoms with Crippen molar-refractivity contribution in [2.75, 3.05) is 36.4 Å². The van der Waals surface area contributed by atoms with Gasteiger partial charge in [-0.15, -0.1) is 23.2 Å². The maximum absolute atomic E-state index is 5.86. The molecule has 0 unspecified atom stereocenters. The number of hydrogen-bond acceptors (Lipinski definition) is 4. The number of nitrogens with zero attached hydrogens (tertiary/aromatic N) is 5. The molecule has 33 heavy (non-hydrogen) atoms. The van der Waals surface area contributed by atoms with Gasteiger partial charge in [-0.05, 0) is 80.6 Å². The van der Waals surface area contributed by atoms with Gasteiger partial charge in [0, 0.05) is 44.3 Å². The average molecular weight is 509 g/mol. The molecule has 5 nitrogen and oxygen atoms in total. The van der Waals surface area contributed by atoms with Crippen molar-refractivity contribution in [3.05, 3.63) is 40.9 Å². The lowest BCUT2D eigenvalue weighted by atomic mass is 9.49. The average Bonchev–Trinajstić information content (AvgIpc) is 3.09. The molecular weight excluding hydrogens is 473 g/mol. The van der Waals surface area contributed by atoms with Gasteiger partial charge < -0.3 is 9.47 Å². The third-order valence-corrected chi connectivity index (χ3v) is 8.87. The molecule has 0 spiro atoms. The Kier molecular flexibility index (Phi) is 7.08. The van der Waals surface area contributed by atoms with Crippen LogP contribution < -0.4 is 4.90 Å². The molecular formula is C25H35Cl2N5S. The van der Waals surface area contributed by atoms with E-state index in [4.69, 9.17) is 40.5 Å². The van der Waals surface area contributed by atoms with Crippen LogP contribution in [-0.4, -0.2) is 50.8 Å². The summed E-state index contributed by atoms with van der Waals surface area (Å²) in [6.07, 6.45) is 8.43. The van der Waals surface area contributed by atoms with Gasteiger partial charge in [0.2, 0.25) is 0 Å². The third-order valence-electron chi connectivity index (χ3n) is 8.38. The van der Waals surface area contributed by atoms with Crippen molar-refractivity contribution in [3.8, 4) is 0 Å². The molecule has 2 heterocycles. The van der Waals surface area contributed by atoms with Crippen LogP contribution in [0.2, 0.25) is 0 Å². The summed E-state index contributed by atoms with van der Waals surface area (Å²) in [5, 5.41) is 5.39. The number of rotatable bonds is 4. The van der Waals surface area contributed by atoms with Crippen LogP contribution in [0.15, 0.2) is 30.3 Å². The number of aromatic nitrogens is 3. The summed E-state index contributed by atoms with van der Waals surface area (Å²) in [7, 11) is 2.16. The van der Waals surface area contributed by atoms with Crippen LogP contribution in [0.1, 0.15) is 44.3 Å². The smallest absolute Gasteiger partial charge is 0.198 e. The predicted octanol–water partition coefficient (Wildman–Crippen LogP) is 5.62. The first-order chi connectivity index (χ1) is 16.0. The molecule has 1 aromatic heterocycles. The number of anilines is 1. The lowest BCUT2D eigenvalue weighted by molar-refractivity contribution is -0.0111. The Morgan fingerprint density at radius 1 is 0.939 bits per heavy atom. The molecule has 4 saturated carbocycles. The molecule has 5 fully saturated rings. The van der Waals surface area contributed by atoms with Crippen molar-refractivity contribution < 1.29 is 0 Å². The Morgan fingerprint density at radius 2 is 1.48 bits per heavy atom. The van der Waals surface area contributed by atoms with E-state index >= 15 is 0 Å². The minimum absolute atomic E-state index is 0.194. The molecule has 8 heteroatoms. The zero-order chi connectivity index (χ0) is 23.0. The van der Waals surface area contributed by atoms with E-state index in [2.05, 4.69) is 56.4 Å². The first kappa shape index (κ1) is 23.7. The van der Waals surface area contributed by atoms with Gasteiger partial charge in [0.05, 0.1) is 12.0 Å². The predicted molar refractivity (Wildman–Crippen MR) is 139 cm³/mol. The fraction of sp³-hybridized carbons (Fsp3) is 0.680. The fourth-order valence-electron chi connectivity index (χ4n) is 7.40. The van der Waals surface area contributed by atoms with Crippen molar-refractivity contribution >= 4 is 41.1 Å². The van der Waals surface area contributed by atoms with Crippen molar-refractivity contribution in [2.24, 2.45) is 24.8 Å². The van der Waals surface area contributed by atoms with Gasteiger partial charge >= 0.3 is 0 Å². The Labute approximate surface area is 212 Å². The van der Waals surface area contributed by atoms with Crippen LogP contribution in [0.4, 0.5) is 5.69 Å². The number of alkyl halides is 2. The van der Waals surface area contributed by atoms with Crippen LogP contribution in [0.5, 0.6) is 0 Å². The van der Waals surface area contributed by atoms with Crippen LogP contribution in [-0.2, 0) is 19.1 Å². The molecule has 4 aliphatic carbocycles.